The summed E-state index contributed by atoms with van der Waals surface area (Å²) in [5, 5.41) is 3.04. The minimum Gasteiger partial charge on any atom is -0.319 e. The number of rotatable bonds is 6. The minimum absolute atomic E-state index is 0. The highest BCUT2D eigenvalue weighted by Crippen LogP contribution is 2.25. The first-order valence-electron chi connectivity index (χ1n) is 4.89. The Morgan fingerprint density at radius 3 is 2.07 bits per heavy atom. The van der Waals surface area contributed by atoms with Gasteiger partial charge in [0.05, 0.1) is 0 Å². The molecule has 0 rings (SSSR count). The van der Waals surface area contributed by atoms with Gasteiger partial charge >= 0.3 is 0 Å². The van der Waals surface area contributed by atoms with Crippen molar-refractivity contribution in [1.29, 1.82) is 0 Å². The van der Waals surface area contributed by atoms with Crippen molar-refractivity contribution in [3.8, 4) is 0 Å². The van der Waals surface area contributed by atoms with Crippen LogP contribution in [0.3, 0.4) is 0 Å². The van der Waals surface area contributed by atoms with Gasteiger partial charge in [-0.15, -0.1) is 12.4 Å². The summed E-state index contributed by atoms with van der Waals surface area (Å²) in [5.74, 6) is -1.69. The molecule has 0 fully saturated rings. The van der Waals surface area contributed by atoms with Gasteiger partial charge in [0.2, 0.25) is 5.92 Å². The van der Waals surface area contributed by atoms with Gasteiger partial charge in [0.15, 0.2) is 0 Å². The number of hydrogen-bond donors (Lipinski definition) is 1. The molecule has 88 valence electrons. The van der Waals surface area contributed by atoms with Crippen molar-refractivity contribution in [2.45, 2.75) is 39.5 Å². The summed E-state index contributed by atoms with van der Waals surface area (Å²) in [6.07, 6.45) is 0.597. The second-order valence-corrected chi connectivity index (χ2v) is 4.17. The zero-order valence-corrected chi connectivity index (χ0v) is 10.3. The SMILES string of the molecule is CNCC(CCC(C)(F)F)C(C)C.Cl. The molecule has 1 nitrogen and oxygen atoms in total. The van der Waals surface area contributed by atoms with E-state index in [0.717, 1.165) is 13.5 Å². The van der Waals surface area contributed by atoms with E-state index in [4.69, 9.17) is 0 Å². The first-order chi connectivity index (χ1) is 5.87. The molecule has 0 aromatic carbocycles. The van der Waals surface area contributed by atoms with Crippen molar-refractivity contribution < 1.29 is 8.78 Å². The molecule has 0 heterocycles. The molecule has 0 aliphatic heterocycles. The fourth-order valence-corrected chi connectivity index (χ4v) is 1.37. The van der Waals surface area contributed by atoms with Crippen LogP contribution in [0.1, 0.15) is 33.6 Å². The summed E-state index contributed by atoms with van der Waals surface area (Å²) in [4.78, 5) is 0. The first kappa shape index (κ1) is 16.5. The molecule has 0 radical (unpaired) electrons. The smallest absolute Gasteiger partial charge is 0.245 e. The summed E-state index contributed by atoms with van der Waals surface area (Å²) in [6.45, 7) is 5.98. The molecule has 4 heteroatoms. The molecule has 0 aliphatic carbocycles. The number of nitrogens with one attached hydrogen (secondary N) is 1. The Labute approximate surface area is 92.1 Å². The molecule has 0 amide bonds. The summed E-state index contributed by atoms with van der Waals surface area (Å²) in [7, 11) is 1.86. The maximum Gasteiger partial charge on any atom is 0.245 e. The van der Waals surface area contributed by atoms with Gasteiger partial charge in [-0.2, -0.15) is 0 Å². The average molecular weight is 230 g/mol. The predicted molar refractivity (Wildman–Crippen MR) is 59.4 cm³/mol. The van der Waals surface area contributed by atoms with E-state index in [1.54, 1.807) is 0 Å². The second kappa shape index (κ2) is 7.41. The van der Waals surface area contributed by atoms with Gasteiger partial charge in [-0.1, -0.05) is 13.8 Å². The molecule has 1 unspecified atom stereocenters. The Kier molecular flexibility index (Phi) is 8.75. The molecule has 1 N–H and O–H groups in total. The van der Waals surface area contributed by atoms with E-state index < -0.39 is 5.92 Å². The fourth-order valence-electron chi connectivity index (χ4n) is 1.37. The molecule has 1 atom stereocenters. The molecular weight excluding hydrogens is 208 g/mol. The van der Waals surface area contributed by atoms with Crippen LogP contribution >= 0.6 is 12.4 Å². The Bertz CT molecular complexity index is 135. The Morgan fingerprint density at radius 1 is 1.29 bits per heavy atom. The van der Waals surface area contributed by atoms with Gasteiger partial charge in [0.25, 0.3) is 0 Å². The van der Waals surface area contributed by atoms with Crippen LogP contribution in [-0.4, -0.2) is 19.5 Å². The highest BCUT2D eigenvalue weighted by atomic mass is 35.5. The van der Waals surface area contributed by atoms with Gasteiger partial charge in [0.1, 0.15) is 0 Å². The van der Waals surface area contributed by atoms with Gasteiger partial charge in [-0.25, -0.2) is 8.78 Å². The van der Waals surface area contributed by atoms with Crippen molar-refractivity contribution in [3.63, 3.8) is 0 Å². The Hall–Kier alpha value is 0.110. The summed E-state index contributed by atoms with van der Waals surface area (Å²) < 4.78 is 25.1. The molecule has 14 heavy (non-hydrogen) atoms. The lowest BCUT2D eigenvalue weighted by molar-refractivity contribution is 0.00488. The Balaban J connectivity index is 0. The van der Waals surface area contributed by atoms with E-state index in [9.17, 15) is 8.78 Å². The molecule has 0 saturated heterocycles. The van der Waals surface area contributed by atoms with E-state index in [1.807, 2.05) is 7.05 Å². The first-order valence-corrected chi connectivity index (χ1v) is 4.89. The second-order valence-electron chi connectivity index (χ2n) is 4.17. The molecule has 0 aromatic rings. The van der Waals surface area contributed by atoms with Gasteiger partial charge in [-0.05, 0) is 38.8 Å². The molecular formula is C10H22ClF2N. The van der Waals surface area contributed by atoms with Crippen LogP contribution in [0, 0.1) is 11.8 Å². The summed E-state index contributed by atoms with van der Waals surface area (Å²) in [5.41, 5.74) is 0. The lowest BCUT2D eigenvalue weighted by Crippen LogP contribution is -2.25. The number of alkyl halides is 2. The van der Waals surface area contributed by atoms with Gasteiger partial charge < -0.3 is 5.32 Å². The topological polar surface area (TPSA) is 12.0 Å². The maximum absolute atomic E-state index is 12.6. The number of halogens is 3. The highest BCUT2D eigenvalue weighted by molar-refractivity contribution is 5.85. The summed E-state index contributed by atoms with van der Waals surface area (Å²) in [6, 6.07) is 0. The van der Waals surface area contributed by atoms with Crippen molar-refractivity contribution in [3.05, 3.63) is 0 Å². The van der Waals surface area contributed by atoms with E-state index in [1.165, 1.54) is 0 Å². The van der Waals surface area contributed by atoms with Crippen molar-refractivity contribution >= 4 is 12.4 Å². The quantitative estimate of drug-likeness (QED) is 0.737. The monoisotopic (exact) mass is 229 g/mol. The van der Waals surface area contributed by atoms with Crippen LogP contribution in [0.4, 0.5) is 8.78 Å². The third-order valence-corrected chi connectivity index (χ3v) is 2.36. The zero-order valence-electron chi connectivity index (χ0n) is 9.44. The van der Waals surface area contributed by atoms with Gasteiger partial charge in [0, 0.05) is 6.42 Å². The van der Waals surface area contributed by atoms with E-state index in [0.29, 0.717) is 18.3 Å². The predicted octanol–water partition coefficient (Wildman–Crippen LogP) is 3.34. The van der Waals surface area contributed by atoms with Crippen LogP contribution in [0.5, 0.6) is 0 Å². The van der Waals surface area contributed by atoms with Gasteiger partial charge in [-0.3, -0.25) is 0 Å². The normalized spacial score (nSPS) is 13.9. The molecule has 0 saturated carbocycles. The molecule has 0 aliphatic rings. The minimum atomic E-state index is -2.51. The van der Waals surface area contributed by atoms with Crippen molar-refractivity contribution in [2.75, 3.05) is 13.6 Å². The summed E-state index contributed by atoms with van der Waals surface area (Å²) >= 11 is 0. The van der Waals surface area contributed by atoms with E-state index in [-0.39, 0.29) is 18.8 Å². The van der Waals surface area contributed by atoms with Crippen LogP contribution in [0.25, 0.3) is 0 Å². The van der Waals surface area contributed by atoms with Crippen LogP contribution in [0.15, 0.2) is 0 Å². The Morgan fingerprint density at radius 2 is 1.79 bits per heavy atom. The molecule has 0 spiro atoms. The highest BCUT2D eigenvalue weighted by Gasteiger charge is 2.23. The fraction of sp³-hybridized carbons (Fsp3) is 1.00. The standard InChI is InChI=1S/C10H21F2N.ClH/c1-8(2)9(7-13-4)5-6-10(3,11)12;/h8-9,13H,5-7H2,1-4H3;1H. The largest absolute Gasteiger partial charge is 0.319 e. The lowest BCUT2D eigenvalue weighted by Gasteiger charge is -2.22. The van der Waals surface area contributed by atoms with Crippen molar-refractivity contribution in [2.24, 2.45) is 11.8 Å². The maximum atomic E-state index is 12.6. The van der Waals surface area contributed by atoms with E-state index >= 15 is 0 Å². The molecule has 0 aromatic heterocycles. The average Bonchev–Trinajstić information content (AvgIpc) is 1.95. The third-order valence-electron chi connectivity index (χ3n) is 2.36. The van der Waals surface area contributed by atoms with E-state index in [2.05, 4.69) is 19.2 Å². The third kappa shape index (κ3) is 8.70. The van der Waals surface area contributed by atoms with Crippen LogP contribution < -0.4 is 5.32 Å². The number of hydrogen-bond acceptors (Lipinski definition) is 1. The van der Waals surface area contributed by atoms with Crippen molar-refractivity contribution in [1.82, 2.24) is 5.32 Å². The lowest BCUT2D eigenvalue weighted by atomic mass is 9.90. The molecule has 0 bridgehead atoms. The van der Waals surface area contributed by atoms with Crippen LogP contribution in [0.2, 0.25) is 0 Å². The van der Waals surface area contributed by atoms with Crippen LogP contribution in [-0.2, 0) is 0 Å². The zero-order chi connectivity index (χ0) is 10.5.